The van der Waals surface area contributed by atoms with Crippen molar-refractivity contribution >= 4 is 35.4 Å². The lowest BCUT2D eigenvalue weighted by atomic mass is 10.0. The van der Waals surface area contributed by atoms with Gasteiger partial charge in [0.25, 0.3) is 0 Å². The molecule has 2 aromatic carbocycles. The third-order valence-electron chi connectivity index (χ3n) is 11.7. The fourth-order valence-corrected chi connectivity index (χ4v) is 8.58. The number of amides is 4. The molecule has 0 radical (unpaired) electrons. The van der Waals surface area contributed by atoms with Gasteiger partial charge in [0, 0.05) is 24.2 Å². The number of nitrogens with zero attached hydrogens (tertiary/aromatic N) is 5. The molecule has 0 spiro atoms. The predicted molar refractivity (Wildman–Crippen MR) is 216 cm³/mol. The van der Waals surface area contributed by atoms with Crippen LogP contribution in [-0.4, -0.2) is 106 Å². The van der Waals surface area contributed by atoms with Gasteiger partial charge in [0.2, 0.25) is 11.8 Å². The molecule has 4 atom stereocenters. The monoisotopic (exact) mass is 809 g/mol. The molecule has 4 aliphatic heterocycles. The van der Waals surface area contributed by atoms with E-state index >= 15 is 0 Å². The van der Waals surface area contributed by atoms with E-state index < -0.39 is 24.3 Å². The van der Waals surface area contributed by atoms with Crippen molar-refractivity contribution in [1.29, 1.82) is 0 Å². The van der Waals surface area contributed by atoms with E-state index in [0.29, 0.717) is 55.1 Å². The number of methoxy groups -OCH3 is 2. The molecule has 0 bridgehead atoms. The van der Waals surface area contributed by atoms with Crippen molar-refractivity contribution in [2.45, 2.75) is 77.5 Å². The first-order valence-electron chi connectivity index (χ1n) is 20.3. The van der Waals surface area contributed by atoms with Crippen LogP contribution >= 0.6 is 0 Å². The zero-order valence-corrected chi connectivity index (χ0v) is 34.2. The van der Waals surface area contributed by atoms with Crippen LogP contribution in [0.3, 0.4) is 0 Å². The highest BCUT2D eigenvalue weighted by Crippen LogP contribution is 2.54. The number of rotatable bonds is 10. The van der Waals surface area contributed by atoms with Crippen LogP contribution in [0.5, 0.6) is 17.2 Å². The minimum atomic E-state index is -0.721. The highest BCUT2D eigenvalue weighted by molar-refractivity contribution is 5.89. The van der Waals surface area contributed by atoms with Crippen molar-refractivity contribution in [3.05, 3.63) is 54.4 Å². The quantitative estimate of drug-likeness (QED) is 0.143. The number of hydrogen-bond donors (Lipinski definition) is 4. The van der Waals surface area contributed by atoms with Crippen LogP contribution in [0, 0.1) is 11.8 Å². The SMILES string of the molecule is COC(=O)NC(C(=O)N1CCCC1c1ncc(-c2cc3c4c(c2)Oc2ccc(-c5cnc(C6CCCN6C(=O)C(NC(=O)OC)C(C)C)[nH]5)cc2N4CCO3)[nH]1)C(C)C. The molecule has 6 heterocycles. The second kappa shape index (κ2) is 16.2. The average molecular weight is 810 g/mol. The minimum absolute atomic E-state index is 0.127. The topological polar surface area (TPSA) is 196 Å². The Bertz CT molecular complexity index is 2250. The lowest BCUT2D eigenvalue weighted by Crippen LogP contribution is -2.51. The number of likely N-dealkylation sites (tertiary alicyclic amines) is 2. The van der Waals surface area contributed by atoms with Crippen molar-refractivity contribution in [3.63, 3.8) is 0 Å². The number of benzene rings is 2. The van der Waals surface area contributed by atoms with Crippen LogP contribution in [0.1, 0.15) is 77.1 Å². The first-order chi connectivity index (χ1) is 28.4. The van der Waals surface area contributed by atoms with E-state index in [-0.39, 0.29) is 35.7 Å². The van der Waals surface area contributed by atoms with Gasteiger partial charge >= 0.3 is 12.2 Å². The Kier molecular flexibility index (Phi) is 10.8. The van der Waals surface area contributed by atoms with Gasteiger partial charge in [0.05, 0.1) is 62.3 Å². The molecule has 4 aliphatic rings. The van der Waals surface area contributed by atoms with Crippen LogP contribution in [0.15, 0.2) is 42.7 Å². The fourth-order valence-electron chi connectivity index (χ4n) is 8.58. The van der Waals surface area contributed by atoms with Crippen LogP contribution in [0.25, 0.3) is 22.5 Å². The maximum atomic E-state index is 13.7. The number of carbonyl (C=O) groups excluding carboxylic acids is 4. The van der Waals surface area contributed by atoms with Crippen LogP contribution in [0.4, 0.5) is 21.0 Å². The largest absolute Gasteiger partial charge is 0.489 e. The molecular weight excluding hydrogens is 759 g/mol. The van der Waals surface area contributed by atoms with Gasteiger partial charge in [0.1, 0.15) is 41.8 Å². The van der Waals surface area contributed by atoms with Gasteiger partial charge in [-0.25, -0.2) is 19.6 Å². The summed E-state index contributed by atoms with van der Waals surface area (Å²) in [6.45, 7) is 9.79. The van der Waals surface area contributed by atoms with Crippen LogP contribution in [0.2, 0.25) is 0 Å². The molecule has 2 fully saturated rings. The molecule has 0 saturated carbocycles. The summed E-state index contributed by atoms with van der Waals surface area (Å²) in [6, 6.07) is 8.01. The first-order valence-corrected chi connectivity index (χ1v) is 20.3. The van der Waals surface area contributed by atoms with E-state index in [2.05, 4.69) is 31.6 Å². The van der Waals surface area contributed by atoms with Gasteiger partial charge in [0.15, 0.2) is 11.5 Å². The van der Waals surface area contributed by atoms with Gasteiger partial charge < -0.3 is 54.2 Å². The highest BCUT2D eigenvalue weighted by atomic mass is 16.5. The van der Waals surface area contributed by atoms with Gasteiger partial charge in [-0.3, -0.25) is 9.59 Å². The summed E-state index contributed by atoms with van der Waals surface area (Å²) < 4.78 is 22.3. The van der Waals surface area contributed by atoms with E-state index in [4.69, 9.17) is 28.9 Å². The lowest BCUT2D eigenvalue weighted by molar-refractivity contribution is -0.136. The van der Waals surface area contributed by atoms with E-state index in [1.165, 1.54) is 14.2 Å². The number of ether oxygens (including phenoxy) is 4. The number of aromatic nitrogens is 4. The number of H-pyrrole nitrogens is 2. The second-order valence-corrected chi connectivity index (χ2v) is 16.1. The number of nitrogens with one attached hydrogen (secondary N) is 4. The maximum absolute atomic E-state index is 13.7. The molecule has 17 nitrogen and oxygen atoms in total. The van der Waals surface area contributed by atoms with Gasteiger partial charge in [-0.15, -0.1) is 0 Å². The predicted octanol–water partition coefficient (Wildman–Crippen LogP) is 6.19. The molecule has 2 saturated heterocycles. The number of alkyl carbamates (subject to hydrolysis) is 2. The summed E-state index contributed by atoms with van der Waals surface area (Å²) >= 11 is 0. The first kappa shape index (κ1) is 39.6. The summed E-state index contributed by atoms with van der Waals surface area (Å²) in [7, 11) is 2.57. The molecule has 17 heteroatoms. The van der Waals surface area contributed by atoms with E-state index in [1.54, 1.807) is 22.2 Å². The van der Waals surface area contributed by atoms with Gasteiger partial charge in [-0.1, -0.05) is 27.7 Å². The average Bonchev–Trinajstić information content (AvgIpc) is 4.08. The molecule has 2 aromatic heterocycles. The third kappa shape index (κ3) is 7.49. The van der Waals surface area contributed by atoms with Crippen molar-refractivity contribution < 1.29 is 38.1 Å². The van der Waals surface area contributed by atoms with Crippen molar-refractivity contribution in [1.82, 2.24) is 40.4 Å². The molecule has 0 aliphatic carbocycles. The molecule has 4 unspecified atom stereocenters. The van der Waals surface area contributed by atoms with Crippen molar-refractivity contribution in [2.75, 3.05) is 45.4 Å². The second-order valence-electron chi connectivity index (χ2n) is 16.1. The summed E-state index contributed by atoms with van der Waals surface area (Å²) in [5.41, 5.74) is 5.03. The molecule has 59 heavy (non-hydrogen) atoms. The number of carbonyl (C=O) groups is 4. The van der Waals surface area contributed by atoms with Crippen LogP contribution in [-0.2, 0) is 19.1 Å². The van der Waals surface area contributed by atoms with E-state index in [1.807, 2.05) is 52.0 Å². The van der Waals surface area contributed by atoms with Crippen molar-refractivity contribution in [3.8, 4) is 39.8 Å². The Morgan fingerprint density at radius 3 is 1.81 bits per heavy atom. The van der Waals surface area contributed by atoms with E-state index in [9.17, 15) is 19.2 Å². The minimum Gasteiger partial charge on any atom is -0.489 e. The third-order valence-corrected chi connectivity index (χ3v) is 11.7. The molecular formula is C42H51N9O8. The molecule has 312 valence electrons. The van der Waals surface area contributed by atoms with Gasteiger partial charge in [-0.05, 0) is 67.9 Å². The summed E-state index contributed by atoms with van der Waals surface area (Å²) in [5, 5.41) is 5.40. The molecule has 4 amide bonds. The number of anilines is 2. The highest BCUT2D eigenvalue weighted by Gasteiger charge is 2.40. The Morgan fingerprint density at radius 2 is 1.27 bits per heavy atom. The summed E-state index contributed by atoms with van der Waals surface area (Å²) in [6.07, 6.45) is 5.41. The molecule has 4 N–H and O–H groups in total. The normalized spacial score (nSPS) is 19.1. The number of aromatic amines is 2. The van der Waals surface area contributed by atoms with E-state index in [0.717, 1.165) is 59.6 Å². The Morgan fingerprint density at radius 1 is 0.729 bits per heavy atom. The summed E-state index contributed by atoms with van der Waals surface area (Å²) in [4.78, 5) is 73.6. The zero-order valence-electron chi connectivity index (χ0n) is 34.2. The Labute approximate surface area is 342 Å². The van der Waals surface area contributed by atoms with Gasteiger partial charge in [-0.2, -0.15) is 0 Å². The zero-order chi connectivity index (χ0) is 41.5. The Hall–Kier alpha value is -6.26. The maximum Gasteiger partial charge on any atom is 0.407 e. The standard InChI is InChI=1S/C42H51N9O8/c1-22(2)34(47-41(54)56-5)39(52)50-13-7-9-28(50)37-43-20-26(45-37)24-11-12-31-30(17-24)49-15-16-58-32-18-25(19-33(59-31)36(32)49)27-21-44-38(46-27)29-10-8-14-51(29)40(53)35(23(3)4)48-42(55)57-6/h11-12,17-23,28-29,34-35H,7-10,13-16H2,1-6H3,(H,43,45)(H,44,46)(H,47,54)(H,48,55). The molecule has 8 rings (SSSR count). The van der Waals surface area contributed by atoms with Crippen LogP contribution < -0.4 is 25.0 Å². The summed E-state index contributed by atoms with van der Waals surface area (Å²) in [5.74, 6) is 2.80. The smallest absolute Gasteiger partial charge is 0.407 e. The molecule has 4 aromatic rings. The lowest BCUT2D eigenvalue weighted by Gasteiger charge is -2.37. The number of imidazole rings is 2. The van der Waals surface area contributed by atoms with Crippen molar-refractivity contribution in [2.24, 2.45) is 11.8 Å². The fraction of sp³-hybridized carbons (Fsp3) is 0.476. The number of fused-ring (bicyclic) bond motifs is 2. The Balaban J connectivity index is 1.01. The number of hydrogen-bond acceptors (Lipinski definition) is 11.